The molecule has 176 valence electrons. The van der Waals surface area contributed by atoms with Gasteiger partial charge in [-0.2, -0.15) is 11.3 Å². The van der Waals surface area contributed by atoms with Crippen LogP contribution >= 0.6 is 23.1 Å². The number of amidine groups is 1. The molecule has 8 nitrogen and oxygen atoms in total. The summed E-state index contributed by atoms with van der Waals surface area (Å²) in [4.78, 5) is 44.7. The lowest BCUT2D eigenvalue weighted by molar-refractivity contribution is -0.121. The van der Waals surface area contributed by atoms with Gasteiger partial charge in [0.05, 0.1) is 22.3 Å². The normalized spacial score (nSPS) is 14.7. The highest BCUT2D eigenvalue weighted by Crippen LogP contribution is 2.26. The zero-order valence-electron chi connectivity index (χ0n) is 18.8. The fourth-order valence-corrected chi connectivity index (χ4v) is 5.27. The third-order valence-electron chi connectivity index (χ3n) is 5.52. The predicted octanol–water partition coefficient (Wildman–Crippen LogP) is 3.52. The number of carbonyl (C=O) groups excluding carboxylic acids is 2. The number of nitrogens with zero attached hydrogens (tertiary/aromatic N) is 4. The third-order valence-corrected chi connectivity index (χ3v) is 7.17. The highest BCUT2D eigenvalue weighted by atomic mass is 32.2. The third kappa shape index (κ3) is 4.89. The van der Waals surface area contributed by atoms with Crippen molar-refractivity contribution >= 4 is 56.7 Å². The minimum Gasteiger partial charge on any atom is -0.286 e. The van der Waals surface area contributed by atoms with Crippen molar-refractivity contribution in [2.45, 2.75) is 19.9 Å². The molecule has 0 unspecified atom stereocenters. The minimum absolute atomic E-state index is 0.111. The molecule has 0 bridgehead atoms. The molecule has 4 aromatic rings. The van der Waals surface area contributed by atoms with Gasteiger partial charge in [0, 0.05) is 6.42 Å². The summed E-state index contributed by atoms with van der Waals surface area (Å²) < 4.78 is 1.39. The van der Waals surface area contributed by atoms with Crippen LogP contribution in [0.4, 0.5) is 5.69 Å². The molecule has 2 aromatic heterocycles. The molecule has 1 fully saturated rings. The average Bonchev–Trinajstić information content (AvgIpc) is 3.50. The molecular weight excluding hydrogens is 482 g/mol. The molecule has 0 aliphatic carbocycles. The van der Waals surface area contributed by atoms with Crippen LogP contribution in [0.1, 0.15) is 17.0 Å². The van der Waals surface area contributed by atoms with Gasteiger partial charge in [0.2, 0.25) is 5.91 Å². The molecule has 1 N–H and O–H groups in total. The second-order valence-corrected chi connectivity index (χ2v) is 9.75. The Labute approximate surface area is 209 Å². The Morgan fingerprint density at radius 3 is 2.69 bits per heavy atom. The number of anilines is 1. The number of amides is 2. The van der Waals surface area contributed by atoms with Crippen LogP contribution < -0.4 is 15.9 Å². The predicted molar refractivity (Wildman–Crippen MR) is 140 cm³/mol. The number of nitrogens with one attached hydrogen (secondary N) is 1. The van der Waals surface area contributed by atoms with Gasteiger partial charge in [-0.25, -0.2) is 10.4 Å². The Morgan fingerprint density at radius 2 is 1.91 bits per heavy atom. The van der Waals surface area contributed by atoms with Gasteiger partial charge in [-0.3, -0.25) is 23.9 Å². The Balaban J connectivity index is 1.41. The molecule has 2 amide bonds. The number of para-hydroxylation sites is 1. The monoisotopic (exact) mass is 503 g/mol. The molecule has 0 radical (unpaired) electrons. The number of hydrogen-bond acceptors (Lipinski definition) is 7. The molecule has 3 heterocycles. The molecule has 1 aliphatic heterocycles. The lowest BCUT2D eigenvalue weighted by atomic mass is 10.2. The van der Waals surface area contributed by atoms with E-state index in [1.807, 2.05) is 54.1 Å². The highest BCUT2D eigenvalue weighted by molar-refractivity contribution is 8.15. The lowest BCUT2D eigenvalue weighted by Crippen LogP contribution is -2.35. The smallest absolute Gasteiger partial charge is 0.261 e. The van der Waals surface area contributed by atoms with Crippen LogP contribution in [0.3, 0.4) is 0 Å². The zero-order chi connectivity index (χ0) is 24.4. The molecule has 2 aromatic carbocycles. The molecule has 1 saturated heterocycles. The van der Waals surface area contributed by atoms with Crippen LogP contribution in [0.25, 0.3) is 10.9 Å². The number of fused-ring (bicyclic) bond motifs is 1. The van der Waals surface area contributed by atoms with Gasteiger partial charge in [0.25, 0.3) is 11.5 Å². The van der Waals surface area contributed by atoms with Gasteiger partial charge in [0.1, 0.15) is 12.4 Å². The molecule has 10 heteroatoms. The SMILES string of the molecule is Cc1ccc(N2C(=O)CSC2=NNC(=O)Cn2c(Cc3ccsc3)nc3ccccc3c2=O)cc1. The minimum atomic E-state index is -0.480. The molecular formula is C25H21N5O3S2. The average molecular weight is 504 g/mol. The fourth-order valence-electron chi connectivity index (χ4n) is 3.77. The van der Waals surface area contributed by atoms with Crippen molar-refractivity contribution in [3.8, 4) is 0 Å². The van der Waals surface area contributed by atoms with E-state index in [0.717, 1.165) is 11.1 Å². The maximum Gasteiger partial charge on any atom is 0.261 e. The van der Waals surface area contributed by atoms with E-state index in [2.05, 4.69) is 15.5 Å². The number of rotatable bonds is 6. The first-order valence-corrected chi connectivity index (χ1v) is 12.8. The van der Waals surface area contributed by atoms with Crippen molar-refractivity contribution < 1.29 is 9.59 Å². The van der Waals surface area contributed by atoms with E-state index < -0.39 is 5.91 Å². The van der Waals surface area contributed by atoms with E-state index in [4.69, 9.17) is 0 Å². The Morgan fingerprint density at radius 1 is 1.11 bits per heavy atom. The van der Waals surface area contributed by atoms with Gasteiger partial charge in [0.15, 0.2) is 5.17 Å². The molecule has 5 rings (SSSR count). The zero-order valence-corrected chi connectivity index (χ0v) is 20.4. The first-order chi connectivity index (χ1) is 17.0. The number of hydrazone groups is 1. The van der Waals surface area contributed by atoms with Gasteiger partial charge in [-0.1, -0.05) is 41.6 Å². The number of thiophene rings is 1. The topological polar surface area (TPSA) is 96.7 Å². The summed E-state index contributed by atoms with van der Waals surface area (Å²) in [5, 5.41) is 8.98. The van der Waals surface area contributed by atoms with Crippen molar-refractivity contribution in [3.05, 3.63) is 92.7 Å². The number of benzene rings is 2. The quantitative estimate of drug-likeness (QED) is 0.406. The standard InChI is InChI=1S/C25H21N5O3S2/c1-16-6-8-18(9-7-16)30-23(32)15-35-25(30)28-27-22(31)13-29-21(12-17-10-11-34-14-17)26-20-5-3-2-4-19(20)24(29)33/h2-11,14H,12-13,15H2,1H3,(H,27,31). The van der Waals surface area contributed by atoms with E-state index in [-0.39, 0.29) is 23.8 Å². The first kappa shape index (κ1) is 23.0. The van der Waals surface area contributed by atoms with Crippen molar-refractivity contribution in [3.63, 3.8) is 0 Å². The van der Waals surface area contributed by atoms with Gasteiger partial charge >= 0.3 is 0 Å². The fraction of sp³-hybridized carbons (Fsp3) is 0.160. The summed E-state index contributed by atoms with van der Waals surface area (Å²) in [7, 11) is 0. The van der Waals surface area contributed by atoms with E-state index in [1.54, 1.807) is 29.5 Å². The van der Waals surface area contributed by atoms with E-state index >= 15 is 0 Å². The molecule has 0 spiro atoms. The number of thioether (sulfide) groups is 1. The van der Waals surface area contributed by atoms with E-state index in [1.165, 1.54) is 21.2 Å². The maximum atomic E-state index is 13.2. The maximum absolute atomic E-state index is 13.2. The van der Waals surface area contributed by atoms with Crippen LogP contribution in [0.5, 0.6) is 0 Å². The van der Waals surface area contributed by atoms with Crippen molar-refractivity contribution in [1.82, 2.24) is 15.0 Å². The largest absolute Gasteiger partial charge is 0.286 e. The van der Waals surface area contributed by atoms with Crippen molar-refractivity contribution in [2.24, 2.45) is 5.10 Å². The second-order valence-electron chi connectivity index (χ2n) is 8.03. The number of aryl methyl sites for hydroxylation is 1. The highest BCUT2D eigenvalue weighted by Gasteiger charge is 2.30. The molecule has 0 atom stereocenters. The molecule has 1 aliphatic rings. The van der Waals surface area contributed by atoms with Crippen LogP contribution in [0.15, 0.2) is 75.3 Å². The van der Waals surface area contributed by atoms with Crippen LogP contribution in [0, 0.1) is 6.92 Å². The van der Waals surface area contributed by atoms with Crippen molar-refractivity contribution in [2.75, 3.05) is 10.7 Å². The Bertz CT molecular complexity index is 1490. The summed E-state index contributed by atoms with van der Waals surface area (Å²) in [5.74, 6) is 0.148. The van der Waals surface area contributed by atoms with E-state index in [9.17, 15) is 14.4 Å². The number of aromatic nitrogens is 2. The van der Waals surface area contributed by atoms with Crippen LogP contribution in [0.2, 0.25) is 0 Å². The number of hydrogen-bond donors (Lipinski definition) is 1. The molecule has 0 saturated carbocycles. The van der Waals surface area contributed by atoms with Gasteiger partial charge in [-0.05, 0) is 53.6 Å². The summed E-state index contributed by atoms with van der Waals surface area (Å²) in [6.07, 6.45) is 0.428. The van der Waals surface area contributed by atoms with E-state index in [0.29, 0.717) is 34.0 Å². The van der Waals surface area contributed by atoms with Crippen LogP contribution in [-0.4, -0.2) is 32.3 Å². The van der Waals surface area contributed by atoms with Crippen LogP contribution in [-0.2, 0) is 22.6 Å². The lowest BCUT2D eigenvalue weighted by Gasteiger charge is -2.16. The molecule has 35 heavy (non-hydrogen) atoms. The van der Waals surface area contributed by atoms with Crippen molar-refractivity contribution in [1.29, 1.82) is 0 Å². The first-order valence-electron chi connectivity index (χ1n) is 10.9. The summed E-state index contributed by atoms with van der Waals surface area (Å²) in [6, 6.07) is 16.6. The Kier molecular flexibility index (Phi) is 6.47. The number of carbonyl (C=O) groups is 2. The summed E-state index contributed by atoms with van der Waals surface area (Å²) >= 11 is 2.81. The summed E-state index contributed by atoms with van der Waals surface area (Å²) in [6.45, 7) is 1.73. The summed E-state index contributed by atoms with van der Waals surface area (Å²) in [5.41, 5.74) is 5.60. The van der Waals surface area contributed by atoms with Gasteiger partial charge < -0.3 is 0 Å². The Hall–Kier alpha value is -3.76. The second kappa shape index (κ2) is 9.85. The van der Waals surface area contributed by atoms with Gasteiger partial charge in [-0.15, -0.1) is 5.10 Å².